The van der Waals surface area contributed by atoms with Gasteiger partial charge in [-0.25, -0.2) is 0 Å². The van der Waals surface area contributed by atoms with Gasteiger partial charge in [0.2, 0.25) is 0 Å². The molecule has 1 N–H and O–H groups in total. The molecule has 0 spiro atoms. The van der Waals surface area contributed by atoms with Gasteiger partial charge < -0.3 is 19.5 Å². The molecule has 23 heavy (non-hydrogen) atoms. The highest BCUT2D eigenvalue weighted by molar-refractivity contribution is 6.35. The maximum absolute atomic E-state index is 12.2. The highest BCUT2D eigenvalue weighted by atomic mass is 16.3. The quantitative estimate of drug-likeness (QED) is 0.810. The molecule has 0 radical (unpaired) electrons. The van der Waals surface area contributed by atoms with Crippen LogP contribution in [0.4, 0.5) is 0 Å². The van der Waals surface area contributed by atoms with Gasteiger partial charge in [-0.2, -0.15) is 0 Å². The topological polar surface area (TPSA) is 82.9 Å². The Morgan fingerprint density at radius 1 is 1.04 bits per heavy atom. The van der Waals surface area contributed by atoms with Crippen LogP contribution in [0.25, 0.3) is 0 Å². The minimum absolute atomic E-state index is 0.133. The van der Waals surface area contributed by atoms with Crippen LogP contribution in [0.15, 0.2) is 22.8 Å². The minimum Gasteiger partial charge on any atom is -0.459 e. The van der Waals surface area contributed by atoms with Gasteiger partial charge in [-0.3, -0.25) is 14.4 Å². The molecule has 3 amide bonds. The van der Waals surface area contributed by atoms with E-state index in [1.807, 2.05) is 0 Å². The predicted molar refractivity (Wildman–Crippen MR) is 81.6 cm³/mol. The van der Waals surface area contributed by atoms with E-state index >= 15 is 0 Å². The van der Waals surface area contributed by atoms with E-state index in [9.17, 15) is 14.4 Å². The number of nitrogens with one attached hydrogen (secondary N) is 1. The second kappa shape index (κ2) is 6.85. The Morgan fingerprint density at radius 3 is 2.30 bits per heavy atom. The van der Waals surface area contributed by atoms with Gasteiger partial charge in [0, 0.05) is 32.2 Å². The van der Waals surface area contributed by atoms with Crippen molar-refractivity contribution < 1.29 is 18.8 Å². The molecular weight excluding hydrogens is 298 g/mol. The van der Waals surface area contributed by atoms with Crippen molar-refractivity contribution in [1.29, 1.82) is 0 Å². The Morgan fingerprint density at radius 2 is 1.70 bits per heavy atom. The smallest absolute Gasteiger partial charge is 0.312 e. The van der Waals surface area contributed by atoms with Crippen molar-refractivity contribution in [2.45, 2.75) is 31.7 Å². The molecule has 0 bridgehead atoms. The van der Waals surface area contributed by atoms with Crippen molar-refractivity contribution >= 4 is 17.7 Å². The van der Waals surface area contributed by atoms with Crippen molar-refractivity contribution in [2.24, 2.45) is 0 Å². The molecule has 1 aliphatic heterocycles. The minimum atomic E-state index is -0.525. The molecule has 0 unspecified atom stereocenters. The Hall–Kier alpha value is -2.31. The number of nitrogens with zero attached hydrogens (tertiary/aromatic N) is 2. The molecule has 1 aromatic heterocycles. The summed E-state index contributed by atoms with van der Waals surface area (Å²) in [5.41, 5.74) is 0. The number of carbonyl (C=O) groups is 3. The number of hydrogen-bond donors (Lipinski definition) is 1. The maximum atomic E-state index is 12.2. The van der Waals surface area contributed by atoms with E-state index in [2.05, 4.69) is 5.32 Å². The summed E-state index contributed by atoms with van der Waals surface area (Å²) >= 11 is 0. The molecule has 1 aliphatic carbocycles. The lowest BCUT2D eigenvalue weighted by Gasteiger charge is -2.34. The number of amides is 3. The molecule has 0 aromatic carbocycles. The molecule has 1 saturated heterocycles. The van der Waals surface area contributed by atoms with E-state index in [4.69, 9.17) is 4.42 Å². The molecule has 2 fully saturated rings. The zero-order valence-corrected chi connectivity index (χ0v) is 13.0. The van der Waals surface area contributed by atoms with Crippen molar-refractivity contribution in [3.05, 3.63) is 24.2 Å². The third-order valence-corrected chi connectivity index (χ3v) is 4.47. The summed E-state index contributed by atoms with van der Waals surface area (Å²) in [5, 5.41) is 2.81. The Bertz CT molecular complexity index is 570. The number of carbonyl (C=O) groups excluding carboxylic acids is 3. The fourth-order valence-corrected chi connectivity index (χ4v) is 3.13. The van der Waals surface area contributed by atoms with E-state index in [0.29, 0.717) is 31.9 Å². The Labute approximate surface area is 134 Å². The van der Waals surface area contributed by atoms with Crippen LogP contribution >= 0.6 is 0 Å². The Kier molecular flexibility index (Phi) is 4.64. The molecule has 7 nitrogen and oxygen atoms in total. The van der Waals surface area contributed by atoms with Gasteiger partial charge in [0.05, 0.1) is 6.26 Å². The zero-order chi connectivity index (χ0) is 16.2. The van der Waals surface area contributed by atoms with Crippen molar-refractivity contribution in [2.75, 3.05) is 26.2 Å². The SMILES string of the molecule is O=C(NC1CCCC1)C(=O)N1CCN(C(=O)c2ccco2)CC1. The number of piperazine rings is 1. The summed E-state index contributed by atoms with van der Waals surface area (Å²) in [6.07, 6.45) is 5.56. The van der Waals surface area contributed by atoms with E-state index < -0.39 is 11.8 Å². The van der Waals surface area contributed by atoms with Crippen LogP contribution in [0.2, 0.25) is 0 Å². The summed E-state index contributed by atoms with van der Waals surface area (Å²) in [6, 6.07) is 3.42. The maximum Gasteiger partial charge on any atom is 0.312 e. The third-order valence-electron chi connectivity index (χ3n) is 4.47. The second-order valence-corrected chi connectivity index (χ2v) is 6.02. The van der Waals surface area contributed by atoms with Gasteiger partial charge in [-0.1, -0.05) is 12.8 Å². The first kappa shape index (κ1) is 15.6. The van der Waals surface area contributed by atoms with Gasteiger partial charge >= 0.3 is 11.8 Å². The van der Waals surface area contributed by atoms with E-state index in [1.54, 1.807) is 17.0 Å². The largest absolute Gasteiger partial charge is 0.459 e. The lowest BCUT2D eigenvalue weighted by molar-refractivity contribution is -0.147. The molecule has 1 aromatic rings. The van der Waals surface area contributed by atoms with Crippen LogP contribution in [-0.4, -0.2) is 59.7 Å². The number of furan rings is 1. The van der Waals surface area contributed by atoms with Crippen molar-refractivity contribution in [3.63, 3.8) is 0 Å². The van der Waals surface area contributed by atoms with Crippen LogP contribution in [0.1, 0.15) is 36.2 Å². The lowest BCUT2D eigenvalue weighted by Crippen LogP contribution is -2.54. The summed E-state index contributed by atoms with van der Waals surface area (Å²) < 4.78 is 5.10. The van der Waals surface area contributed by atoms with Crippen LogP contribution in [0, 0.1) is 0 Å². The second-order valence-electron chi connectivity index (χ2n) is 6.02. The van der Waals surface area contributed by atoms with Crippen LogP contribution in [0.3, 0.4) is 0 Å². The van der Waals surface area contributed by atoms with Crippen LogP contribution in [0.5, 0.6) is 0 Å². The normalized spacial score (nSPS) is 19.0. The van der Waals surface area contributed by atoms with Gasteiger partial charge in [-0.05, 0) is 25.0 Å². The van der Waals surface area contributed by atoms with Gasteiger partial charge in [0.1, 0.15) is 0 Å². The lowest BCUT2D eigenvalue weighted by atomic mass is 10.2. The van der Waals surface area contributed by atoms with Crippen LogP contribution in [-0.2, 0) is 9.59 Å². The highest BCUT2D eigenvalue weighted by Gasteiger charge is 2.30. The monoisotopic (exact) mass is 319 g/mol. The predicted octanol–water partition coefficient (Wildman–Crippen LogP) is 0.623. The molecule has 2 aliphatic rings. The van der Waals surface area contributed by atoms with E-state index in [-0.39, 0.29) is 11.9 Å². The summed E-state index contributed by atoms with van der Waals surface area (Å²) in [7, 11) is 0. The van der Waals surface area contributed by atoms with Gasteiger partial charge in [-0.15, -0.1) is 0 Å². The van der Waals surface area contributed by atoms with E-state index in [0.717, 1.165) is 25.7 Å². The van der Waals surface area contributed by atoms with Gasteiger partial charge in [0.15, 0.2) is 5.76 Å². The van der Waals surface area contributed by atoms with Gasteiger partial charge in [0.25, 0.3) is 5.91 Å². The first-order valence-corrected chi connectivity index (χ1v) is 8.07. The molecular formula is C16H21N3O4. The van der Waals surface area contributed by atoms with Crippen molar-refractivity contribution in [1.82, 2.24) is 15.1 Å². The molecule has 2 heterocycles. The molecule has 0 atom stereocenters. The summed E-state index contributed by atoms with van der Waals surface area (Å²) in [6.45, 7) is 1.54. The molecule has 3 rings (SSSR count). The molecule has 7 heteroatoms. The fourth-order valence-electron chi connectivity index (χ4n) is 3.13. The third kappa shape index (κ3) is 3.55. The first-order chi connectivity index (χ1) is 11.1. The molecule has 1 saturated carbocycles. The number of rotatable bonds is 2. The number of hydrogen-bond acceptors (Lipinski definition) is 4. The van der Waals surface area contributed by atoms with E-state index in [1.165, 1.54) is 11.2 Å². The summed E-state index contributed by atoms with van der Waals surface area (Å²) in [4.78, 5) is 39.5. The average molecular weight is 319 g/mol. The Balaban J connectivity index is 1.49. The fraction of sp³-hybridized carbons (Fsp3) is 0.562. The standard InChI is InChI=1S/C16H21N3O4/c20-14(17-12-4-1-2-5-12)16(22)19-9-7-18(8-10-19)15(21)13-6-3-11-23-13/h3,6,11-12H,1-2,4-5,7-10H2,(H,17,20). The molecule has 124 valence electrons. The summed E-state index contributed by atoms with van der Waals surface area (Å²) in [5.74, 6) is -0.911. The van der Waals surface area contributed by atoms with Crippen molar-refractivity contribution in [3.8, 4) is 0 Å². The average Bonchev–Trinajstić information content (AvgIpc) is 3.27. The first-order valence-electron chi connectivity index (χ1n) is 8.07. The zero-order valence-electron chi connectivity index (χ0n) is 13.0. The highest BCUT2D eigenvalue weighted by Crippen LogP contribution is 2.17. The van der Waals surface area contributed by atoms with Crippen LogP contribution < -0.4 is 5.32 Å².